The number of amides is 1. The van der Waals surface area contributed by atoms with Gasteiger partial charge in [-0.2, -0.15) is 0 Å². The summed E-state index contributed by atoms with van der Waals surface area (Å²) in [5.74, 6) is -1.48. The smallest absolute Gasteiger partial charge is 0.343 e. The number of benzene rings is 1. The number of hydrogen-bond acceptors (Lipinski definition) is 4. The first-order chi connectivity index (χ1) is 11.5. The summed E-state index contributed by atoms with van der Waals surface area (Å²) in [4.78, 5) is 24.6. The average molecular weight is 479 g/mol. The van der Waals surface area contributed by atoms with Crippen molar-refractivity contribution in [3.63, 3.8) is 0 Å². The zero-order valence-electron chi connectivity index (χ0n) is 14.2. The predicted molar refractivity (Wildman–Crippen MR) is 98.1 cm³/mol. The van der Waals surface area contributed by atoms with Crippen molar-refractivity contribution in [2.45, 2.75) is 29.9 Å². The average Bonchev–Trinajstić information content (AvgIpc) is 3.08. The van der Waals surface area contributed by atoms with E-state index in [1.54, 1.807) is 20.8 Å². The van der Waals surface area contributed by atoms with Gasteiger partial charge in [-0.3, -0.25) is 4.79 Å². The number of esters is 1. The van der Waals surface area contributed by atoms with Gasteiger partial charge in [0, 0.05) is 22.8 Å². The third kappa shape index (κ3) is 2.97. The van der Waals surface area contributed by atoms with Gasteiger partial charge in [0.1, 0.15) is 17.1 Å². The summed E-state index contributed by atoms with van der Waals surface area (Å²) >= 11 is 7.13. The molecule has 1 fully saturated rings. The molecule has 0 bridgehead atoms. The molecule has 5 nitrogen and oxygen atoms in total. The molecule has 0 radical (unpaired) electrons. The number of carbonyl (C=O) groups is 2. The standard InChI is InChI=1S/C17H18Br2FNO4/c1-16(2,3)15(23)21-12-9(20)5-7-11-8(17(11,18)19)6-25-13(7)10(12)14(22)24-4/h5,8,11H,6H2,1-4H3,(H,21,23). The number of methoxy groups -OCH3 is 1. The second-order valence-corrected chi connectivity index (χ2v) is 11.0. The summed E-state index contributed by atoms with van der Waals surface area (Å²) in [6.45, 7) is 5.47. The van der Waals surface area contributed by atoms with E-state index in [0.29, 0.717) is 12.2 Å². The molecule has 0 saturated heterocycles. The Morgan fingerprint density at radius 1 is 1.40 bits per heavy atom. The number of carbonyl (C=O) groups excluding carboxylic acids is 2. The number of halogens is 3. The SMILES string of the molecule is COC(=O)c1c(NC(=O)C(C)(C)C)c(F)cc2c1OCC1C2C1(Br)Br. The van der Waals surface area contributed by atoms with Crippen LogP contribution in [-0.4, -0.2) is 28.8 Å². The lowest BCUT2D eigenvalue weighted by Gasteiger charge is -2.24. The fourth-order valence-electron chi connectivity index (χ4n) is 2.95. The Hall–Kier alpha value is -1.15. The molecule has 1 N–H and O–H groups in total. The highest BCUT2D eigenvalue weighted by molar-refractivity contribution is 9.25. The first kappa shape index (κ1) is 18.6. The molecule has 1 aromatic rings. The first-order valence-electron chi connectivity index (χ1n) is 7.77. The van der Waals surface area contributed by atoms with Gasteiger partial charge in [-0.05, 0) is 6.07 Å². The normalized spacial score (nSPS) is 23.0. The molecule has 1 aromatic carbocycles. The minimum atomic E-state index is -0.756. The maximum atomic E-state index is 14.8. The largest absolute Gasteiger partial charge is 0.492 e. The van der Waals surface area contributed by atoms with Crippen molar-refractivity contribution >= 4 is 49.4 Å². The van der Waals surface area contributed by atoms with E-state index in [4.69, 9.17) is 9.47 Å². The van der Waals surface area contributed by atoms with E-state index in [9.17, 15) is 14.0 Å². The minimum Gasteiger partial charge on any atom is -0.492 e. The molecule has 1 aliphatic heterocycles. The number of hydrogen-bond donors (Lipinski definition) is 1. The van der Waals surface area contributed by atoms with Gasteiger partial charge in [-0.1, -0.05) is 52.6 Å². The van der Waals surface area contributed by atoms with Gasteiger partial charge in [0.15, 0.2) is 0 Å². The van der Waals surface area contributed by atoms with E-state index in [-0.39, 0.29) is 32.1 Å². The molecule has 1 saturated carbocycles. The van der Waals surface area contributed by atoms with Crippen LogP contribution in [0.25, 0.3) is 0 Å². The molecule has 0 spiro atoms. The van der Waals surface area contributed by atoms with Crippen molar-refractivity contribution in [1.29, 1.82) is 0 Å². The first-order valence-corrected chi connectivity index (χ1v) is 9.35. The molecule has 3 rings (SSSR count). The predicted octanol–water partition coefficient (Wildman–Crippen LogP) is 4.19. The molecule has 0 aromatic heterocycles. The number of ether oxygens (including phenoxy) is 2. The van der Waals surface area contributed by atoms with Gasteiger partial charge in [0.2, 0.25) is 5.91 Å². The third-order valence-corrected chi connectivity index (χ3v) is 6.68. The number of rotatable bonds is 2. The zero-order chi connectivity index (χ0) is 18.7. The summed E-state index contributed by atoms with van der Waals surface area (Å²) in [5.41, 5.74) is -0.466. The Kier molecular flexibility index (Phi) is 4.43. The van der Waals surface area contributed by atoms with Crippen molar-refractivity contribution in [3.8, 4) is 5.75 Å². The summed E-state index contributed by atoms with van der Waals surface area (Å²) in [6, 6.07) is 1.32. The molecule has 1 aliphatic carbocycles. The third-order valence-electron chi connectivity index (χ3n) is 4.51. The quantitative estimate of drug-likeness (QED) is 0.511. The zero-order valence-corrected chi connectivity index (χ0v) is 17.4. The maximum absolute atomic E-state index is 14.8. The molecular formula is C17H18Br2FNO4. The molecule has 8 heteroatoms. The van der Waals surface area contributed by atoms with Crippen LogP contribution in [0, 0.1) is 17.2 Å². The van der Waals surface area contributed by atoms with Gasteiger partial charge in [-0.25, -0.2) is 9.18 Å². The van der Waals surface area contributed by atoms with Crippen LogP contribution in [0.3, 0.4) is 0 Å². The van der Waals surface area contributed by atoms with E-state index < -0.39 is 23.1 Å². The van der Waals surface area contributed by atoms with Crippen LogP contribution in [0.15, 0.2) is 6.07 Å². The molecule has 2 aliphatic rings. The van der Waals surface area contributed by atoms with Crippen LogP contribution in [-0.2, 0) is 9.53 Å². The Bertz CT molecular complexity index is 773. The number of anilines is 1. The van der Waals surface area contributed by atoms with E-state index >= 15 is 0 Å². The molecule has 2 atom stereocenters. The fraction of sp³-hybridized carbons (Fsp3) is 0.529. The minimum absolute atomic E-state index is 0.0264. The topological polar surface area (TPSA) is 64.6 Å². The lowest BCUT2D eigenvalue weighted by atomic mass is 9.94. The fourth-order valence-corrected chi connectivity index (χ4v) is 4.61. The maximum Gasteiger partial charge on any atom is 0.343 e. The number of nitrogens with one attached hydrogen (secondary N) is 1. The van der Waals surface area contributed by atoms with Gasteiger partial charge >= 0.3 is 5.97 Å². The van der Waals surface area contributed by atoms with Crippen LogP contribution in [0.2, 0.25) is 0 Å². The van der Waals surface area contributed by atoms with Crippen LogP contribution in [0.4, 0.5) is 10.1 Å². The molecular weight excluding hydrogens is 461 g/mol. The summed E-state index contributed by atoms with van der Waals surface area (Å²) in [5, 5.41) is 2.52. The van der Waals surface area contributed by atoms with Gasteiger partial charge in [0.05, 0.1) is 22.6 Å². The summed E-state index contributed by atoms with van der Waals surface area (Å²) < 4.78 is 25.0. The lowest BCUT2D eigenvalue weighted by Crippen LogP contribution is -2.29. The highest BCUT2D eigenvalue weighted by atomic mass is 79.9. The Morgan fingerprint density at radius 3 is 2.60 bits per heavy atom. The Balaban J connectivity index is 2.14. The van der Waals surface area contributed by atoms with Gasteiger partial charge in [0.25, 0.3) is 0 Å². The van der Waals surface area contributed by atoms with Crippen molar-refractivity contribution < 1.29 is 23.5 Å². The monoisotopic (exact) mass is 477 g/mol. The van der Waals surface area contributed by atoms with Gasteiger partial charge in [-0.15, -0.1) is 0 Å². The van der Waals surface area contributed by atoms with Crippen molar-refractivity contribution in [1.82, 2.24) is 0 Å². The Morgan fingerprint density at radius 2 is 2.04 bits per heavy atom. The van der Waals surface area contributed by atoms with Crippen LogP contribution < -0.4 is 10.1 Å². The highest BCUT2D eigenvalue weighted by Crippen LogP contribution is 2.70. The number of fused-ring (bicyclic) bond motifs is 3. The molecule has 2 unspecified atom stereocenters. The summed E-state index contributed by atoms with van der Waals surface area (Å²) in [6.07, 6.45) is 0. The highest BCUT2D eigenvalue weighted by Gasteiger charge is 2.66. The van der Waals surface area contributed by atoms with E-state index in [2.05, 4.69) is 37.2 Å². The second-order valence-electron chi connectivity index (χ2n) is 7.29. The van der Waals surface area contributed by atoms with Crippen molar-refractivity contribution in [3.05, 3.63) is 23.0 Å². The van der Waals surface area contributed by atoms with Gasteiger partial charge < -0.3 is 14.8 Å². The van der Waals surface area contributed by atoms with Crippen LogP contribution in [0.5, 0.6) is 5.75 Å². The number of alkyl halides is 2. The molecule has 1 amide bonds. The van der Waals surface area contributed by atoms with Crippen molar-refractivity contribution in [2.24, 2.45) is 11.3 Å². The second kappa shape index (κ2) is 5.94. The summed E-state index contributed by atoms with van der Waals surface area (Å²) in [7, 11) is 1.21. The molecule has 136 valence electrons. The molecule has 25 heavy (non-hydrogen) atoms. The molecule has 1 heterocycles. The van der Waals surface area contributed by atoms with E-state index in [0.717, 1.165) is 0 Å². The van der Waals surface area contributed by atoms with Crippen LogP contribution in [0.1, 0.15) is 42.6 Å². The van der Waals surface area contributed by atoms with Crippen LogP contribution >= 0.6 is 31.9 Å². The van der Waals surface area contributed by atoms with E-state index in [1.807, 2.05) is 0 Å². The lowest BCUT2D eigenvalue weighted by molar-refractivity contribution is -0.123. The Labute approximate surface area is 161 Å². The van der Waals surface area contributed by atoms with E-state index in [1.165, 1.54) is 13.2 Å². The van der Waals surface area contributed by atoms with Crippen molar-refractivity contribution in [2.75, 3.05) is 19.0 Å².